The predicted molar refractivity (Wildman–Crippen MR) is 67.4 cm³/mol. The minimum absolute atomic E-state index is 0.0120. The van der Waals surface area contributed by atoms with Crippen LogP contribution in [0.15, 0.2) is 24.3 Å². The van der Waals surface area contributed by atoms with E-state index in [4.69, 9.17) is 4.74 Å². The summed E-state index contributed by atoms with van der Waals surface area (Å²) in [6.45, 7) is 3.57. The molecule has 2 rings (SSSR count). The average molecular weight is 234 g/mol. The lowest BCUT2D eigenvalue weighted by Gasteiger charge is -2.35. The van der Waals surface area contributed by atoms with Crippen LogP contribution >= 0.6 is 0 Å². The van der Waals surface area contributed by atoms with Gasteiger partial charge in [0.05, 0.1) is 12.2 Å². The summed E-state index contributed by atoms with van der Waals surface area (Å²) in [6.07, 6.45) is -0.403. The third-order valence-electron chi connectivity index (χ3n) is 2.96. The Labute approximate surface area is 102 Å². The second-order valence-electron chi connectivity index (χ2n) is 4.35. The molecule has 0 aromatic heterocycles. The van der Waals surface area contributed by atoms with Crippen LogP contribution in [-0.2, 0) is 4.79 Å². The first-order valence-corrected chi connectivity index (χ1v) is 5.85. The van der Waals surface area contributed by atoms with Gasteiger partial charge in [0.15, 0.2) is 6.10 Å². The molecular formula is C13H18N2O2. The lowest BCUT2D eigenvalue weighted by molar-refractivity contribution is -0.135. The predicted octanol–water partition coefficient (Wildman–Crippen LogP) is 1.36. The zero-order valence-electron chi connectivity index (χ0n) is 10.5. The van der Waals surface area contributed by atoms with Crippen molar-refractivity contribution in [2.45, 2.75) is 13.0 Å². The number of para-hydroxylation sites is 2. The van der Waals surface area contributed by atoms with Gasteiger partial charge in [-0.1, -0.05) is 12.1 Å². The maximum atomic E-state index is 11.9. The van der Waals surface area contributed by atoms with E-state index in [1.54, 1.807) is 19.0 Å². The van der Waals surface area contributed by atoms with Gasteiger partial charge in [-0.25, -0.2) is 0 Å². The number of anilines is 1. The molecule has 1 aliphatic rings. The molecule has 1 aromatic carbocycles. The van der Waals surface area contributed by atoms with E-state index >= 15 is 0 Å². The summed E-state index contributed by atoms with van der Waals surface area (Å²) < 4.78 is 5.75. The summed E-state index contributed by atoms with van der Waals surface area (Å²) in [7, 11) is 3.50. The summed E-state index contributed by atoms with van der Waals surface area (Å²) >= 11 is 0. The van der Waals surface area contributed by atoms with E-state index in [0.29, 0.717) is 6.54 Å². The van der Waals surface area contributed by atoms with Crippen molar-refractivity contribution in [3.05, 3.63) is 24.3 Å². The molecule has 1 unspecified atom stereocenters. The fraction of sp³-hybridized carbons (Fsp3) is 0.462. The van der Waals surface area contributed by atoms with Crippen molar-refractivity contribution in [2.24, 2.45) is 0 Å². The molecule has 0 radical (unpaired) electrons. The summed E-state index contributed by atoms with van der Waals surface area (Å²) in [5.41, 5.74) is 1.07. The van der Waals surface area contributed by atoms with Crippen LogP contribution in [0.5, 0.6) is 5.75 Å². The molecule has 0 saturated heterocycles. The van der Waals surface area contributed by atoms with E-state index in [9.17, 15) is 4.79 Å². The maximum Gasteiger partial charge on any atom is 0.265 e. The zero-order chi connectivity index (χ0) is 12.4. The zero-order valence-corrected chi connectivity index (χ0v) is 10.5. The largest absolute Gasteiger partial charge is 0.477 e. The smallest absolute Gasteiger partial charge is 0.265 e. The van der Waals surface area contributed by atoms with E-state index < -0.39 is 6.10 Å². The molecule has 4 nitrogen and oxygen atoms in total. The van der Waals surface area contributed by atoms with Crippen LogP contribution in [0.2, 0.25) is 0 Å². The highest BCUT2D eigenvalue weighted by Crippen LogP contribution is 2.32. The topological polar surface area (TPSA) is 32.8 Å². The van der Waals surface area contributed by atoms with Gasteiger partial charge in [-0.05, 0) is 19.1 Å². The van der Waals surface area contributed by atoms with Crippen LogP contribution in [0.3, 0.4) is 0 Å². The molecule has 4 heteroatoms. The Morgan fingerprint density at radius 1 is 1.47 bits per heavy atom. The minimum atomic E-state index is -0.403. The molecule has 0 saturated carbocycles. The van der Waals surface area contributed by atoms with Crippen molar-refractivity contribution in [3.8, 4) is 5.75 Å². The number of carbonyl (C=O) groups is 1. The van der Waals surface area contributed by atoms with Crippen LogP contribution < -0.4 is 9.64 Å². The third-order valence-corrected chi connectivity index (χ3v) is 2.96. The molecule has 1 heterocycles. The molecule has 0 spiro atoms. The maximum absolute atomic E-state index is 11.9. The van der Waals surface area contributed by atoms with Gasteiger partial charge in [0.25, 0.3) is 5.91 Å². The quantitative estimate of drug-likeness (QED) is 0.774. The number of amides is 1. The number of fused-ring (bicyclic) bond motifs is 1. The van der Waals surface area contributed by atoms with Crippen molar-refractivity contribution in [1.82, 2.24) is 4.90 Å². The number of ether oxygens (including phenoxy) is 1. The van der Waals surface area contributed by atoms with E-state index in [2.05, 4.69) is 11.8 Å². The molecular weight excluding hydrogens is 216 g/mol. The first-order chi connectivity index (χ1) is 8.13. The molecule has 1 amide bonds. The highest BCUT2D eigenvalue weighted by atomic mass is 16.5. The second kappa shape index (κ2) is 4.65. The molecule has 92 valence electrons. The van der Waals surface area contributed by atoms with Crippen molar-refractivity contribution in [2.75, 3.05) is 32.1 Å². The standard InChI is InChI=1S/C13H18N2O2/c1-4-15-9-12(13(16)14(2)3)17-11-8-6-5-7-10(11)15/h5-8,12H,4,9H2,1-3H3. The Morgan fingerprint density at radius 3 is 2.82 bits per heavy atom. The fourth-order valence-electron chi connectivity index (χ4n) is 2.02. The first-order valence-electron chi connectivity index (χ1n) is 5.85. The summed E-state index contributed by atoms with van der Waals surface area (Å²) in [5, 5.41) is 0. The van der Waals surface area contributed by atoms with E-state index in [1.165, 1.54) is 0 Å². The Morgan fingerprint density at radius 2 is 2.18 bits per heavy atom. The third kappa shape index (κ3) is 2.20. The van der Waals surface area contributed by atoms with Crippen LogP contribution in [0.1, 0.15) is 6.92 Å². The van der Waals surface area contributed by atoms with E-state index in [-0.39, 0.29) is 5.91 Å². The highest BCUT2D eigenvalue weighted by Gasteiger charge is 2.30. The van der Waals surface area contributed by atoms with E-state index in [1.807, 2.05) is 24.3 Å². The van der Waals surface area contributed by atoms with Gasteiger partial charge in [-0.3, -0.25) is 4.79 Å². The molecule has 1 atom stereocenters. The van der Waals surface area contributed by atoms with Crippen molar-refractivity contribution >= 4 is 11.6 Å². The highest BCUT2D eigenvalue weighted by molar-refractivity contribution is 5.83. The van der Waals surface area contributed by atoms with Crippen molar-refractivity contribution in [3.63, 3.8) is 0 Å². The molecule has 0 bridgehead atoms. The number of rotatable bonds is 2. The van der Waals surface area contributed by atoms with Gasteiger partial charge in [-0.15, -0.1) is 0 Å². The number of carbonyl (C=O) groups excluding carboxylic acids is 1. The Bertz CT molecular complexity index is 418. The van der Waals surface area contributed by atoms with Gasteiger partial charge in [0.2, 0.25) is 0 Å². The molecule has 1 aliphatic heterocycles. The van der Waals surface area contributed by atoms with Crippen LogP contribution in [0, 0.1) is 0 Å². The Balaban J connectivity index is 2.27. The number of likely N-dealkylation sites (N-methyl/N-ethyl adjacent to an activating group) is 2. The van der Waals surface area contributed by atoms with Crippen LogP contribution in [-0.4, -0.2) is 44.1 Å². The minimum Gasteiger partial charge on any atom is -0.477 e. The molecule has 1 aromatic rings. The number of hydrogen-bond acceptors (Lipinski definition) is 3. The SMILES string of the molecule is CCN1CC(C(=O)N(C)C)Oc2ccccc21. The summed E-state index contributed by atoms with van der Waals surface area (Å²) in [4.78, 5) is 15.7. The van der Waals surface area contributed by atoms with E-state index in [0.717, 1.165) is 18.0 Å². The molecule has 17 heavy (non-hydrogen) atoms. The number of hydrogen-bond donors (Lipinski definition) is 0. The fourth-order valence-corrected chi connectivity index (χ4v) is 2.02. The lowest BCUT2D eigenvalue weighted by atomic mass is 10.1. The first kappa shape index (κ1) is 11.8. The Kier molecular flexibility index (Phi) is 3.22. The number of benzene rings is 1. The van der Waals surface area contributed by atoms with Crippen LogP contribution in [0.25, 0.3) is 0 Å². The van der Waals surface area contributed by atoms with Crippen molar-refractivity contribution in [1.29, 1.82) is 0 Å². The van der Waals surface area contributed by atoms with Gasteiger partial charge < -0.3 is 14.5 Å². The van der Waals surface area contributed by atoms with Gasteiger partial charge in [0.1, 0.15) is 5.75 Å². The molecule has 0 fully saturated rings. The lowest BCUT2D eigenvalue weighted by Crippen LogP contribution is -2.48. The second-order valence-corrected chi connectivity index (χ2v) is 4.35. The van der Waals surface area contributed by atoms with Crippen molar-refractivity contribution < 1.29 is 9.53 Å². The van der Waals surface area contributed by atoms with Gasteiger partial charge >= 0.3 is 0 Å². The average Bonchev–Trinajstić information content (AvgIpc) is 2.36. The Hall–Kier alpha value is -1.71. The monoisotopic (exact) mass is 234 g/mol. The molecule has 0 aliphatic carbocycles. The normalized spacial score (nSPS) is 18.3. The van der Waals surface area contributed by atoms with Gasteiger partial charge in [-0.2, -0.15) is 0 Å². The van der Waals surface area contributed by atoms with Crippen LogP contribution in [0.4, 0.5) is 5.69 Å². The number of nitrogens with zero attached hydrogens (tertiary/aromatic N) is 2. The molecule has 0 N–H and O–H groups in total. The summed E-state index contributed by atoms with van der Waals surface area (Å²) in [6, 6.07) is 7.84. The summed E-state index contributed by atoms with van der Waals surface area (Å²) in [5.74, 6) is 0.804. The van der Waals surface area contributed by atoms with Gasteiger partial charge in [0, 0.05) is 20.6 Å².